The van der Waals surface area contributed by atoms with Crippen LogP contribution in [0.25, 0.3) is 0 Å². The number of piperidine rings is 1. The van der Waals surface area contributed by atoms with Gasteiger partial charge in [-0.1, -0.05) is 6.92 Å². The van der Waals surface area contributed by atoms with Gasteiger partial charge in [-0.2, -0.15) is 17.0 Å². The van der Waals surface area contributed by atoms with Crippen LogP contribution in [0.5, 0.6) is 0 Å². The highest BCUT2D eigenvalue weighted by Gasteiger charge is 2.39. The highest BCUT2D eigenvalue weighted by Crippen LogP contribution is 2.24. The van der Waals surface area contributed by atoms with Crippen molar-refractivity contribution in [3.8, 4) is 0 Å². The summed E-state index contributed by atoms with van der Waals surface area (Å²) in [7, 11) is -6.92. The number of carbonyl (C=O) groups excluding carboxylic acids is 1. The highest BCUT2D eigenvalue weighted by atomic mass is 32.2. The van der Waals surface area contributed by atoms with E-state index in [2.05, 4.69) is 0 Å². The van der Waals surface area contributed by atoms with Crippen molar-refractivity contribution in [2.24, 2.45) is 5.92 Å². The lowest BCUT2D eigenvalue weighted by Crippen LogP contribution is -2.58. The molecular formula is C19H36N4O6S2. The van der Waals surface area contributed by atoms with E-state index >= 15 is 0 Å². The van der Waals surface area contributed by atoms with E-state index in [1.165, 1.54) is 12.9 Å². The Hall–Kier alpha value is -0.790. The molecule has 10 nitrogen and oxygen atoms in total. The van der Waals surface area contributed by atoms with Gasteiger partial charge in [-0.3, -0.25) is 4.79 Å². The molecule has 0 saturated carbocycles. The molecule has 31 heavy (non-hydrogen) atoms. The maximum atomic E-state index is 13.0. The molecule has 180 valence electrons. The van der Waals surface area contributed by atoms with Crippen LogP contribution < -0.4 is 0 Å². The van der Waals surface area contributed by atoms with Crippen LogP contribution in [0.4, 0.5) is 0 Å². The smallest absolute Gasteiger partial charge is 0.282 e. The van der Waals surface area contributed by atoms with E-state index in [1.54, 1.807) is 4.90 Å². The molecule has 3 heterocycles. The number of rotatable bonds is 6. The van der Waals surface area contributed by atoms with Crippen LogP contribution >= 0.6 is 0 Å². The molecule has 3 unspecified atom stereocenters. The molecule has 0 aliphatic carbocycles. The molecule has 3 aliphatic heterocycles. The number of sulfonamides is 1. The van der Waals surface area contributed by atoms with Crippen LogP contribution in [0, 0.1) is 5.92 Å². The monoisotopic (exact) mass is 480 g/mol. The van der Waals surface area contributed by atoms with Gasteiger partial charge in [-0.25, -0.2) is 12.7 Å². The molecule has 0 spiro atoms. The van der Waals surface area contributed by atoms with Crippen LogP contribution in [-0.4, -0.2) is 111 Å². The number of piperazine rings is 1. The zero-order valence-corrected chi connectivity index (χ0v) is 20.4. The second kappa shape index (κ2) is 10.0. The van der Waals surface area contributed by atoms with Crippen molar-refractivity contribution in [3.63, 3.8) is 0 Å². The summed E-state index contributed by atoms with van der Waals surface area (Å²) >= 11 is 0. The number of nitrogens with zero attached hydrogens (tertiary/aromatic N) is 4. The molecule has 3 aliphatic rings. The zero-order valence-electron chi connectivity index (χ0n) is 18.8. The van der Waals surface area contributed by atoms with Gasteiger partial charge < -0.3 is 9.64 Å². The number of morpholine rings is 1. The number of hydrogen-bond acceptors (Lipinski definition) is 6. The molecule has 0 aromatic heterocycles. The maximum Gasteiger partial charge on any atom is 0.282 e. The molecule has 0 aromatic carbocycles. The molecule has 1 amide bonds. The van der Waals surface area contributed by atoms with Crippen molar-refractivity contribution < 1.29 is 26.4 Å². The fraction of sp³-hybridized carbons (Fsp3) is 0.947. The lowest BCUT2D eigenvalue weighted by Gasteiger charge is -2.41. The summed E-state index contributed by atoms with van der Waals surface area (Å²) < 4.78 is 60.9. The number of hydrogen-bond donors (Lipinski definition) is 0. The molecule has 0 aromatic rings. The minimum absolute atomic E-state index is 0.0675. The van der Waals surface area contributed by atoms with E-state index in [-0.39, 0.29) is 49.4 Å². The second-order valence-electron chi connectivity index (χ2n) is 8.82. The topological polar surface area (TPSA) is 108 Å². The minimum Gasteiger partial charge on any atom is -0.373 e. The Morgan fingerprint density at radius 3 is 2.06 bits per heavy atom. The molecule has 0 bridgehead atoms. The number of amides is 1. The molecule has 12 heteroatoms. The molecule has 0 radical (unpaired) electrons. The minimum atomic E-state index is -3.60. The van der Waals surface area contributed by atoms with Gasteiger partial charge >= 0.3 is 0 Å². The summed E-state index contributed by atoms with van der Waals surface area (Å²) in [4.78, 5) is 14.7. The average Bonchev–Trinajstić information content (AvgIpc) is 2.72. The van der Waals surface area contributed by atoms with Crippen LogP contribution in [-0.2, 0) is 29.8 Å². The zero-order chi connectivity index (χ0) is 22.8. The van der Waals surface area contributed by atoms with Crippen molar-refractivity contribution >= 4 is 26.1 Å². The third-order valence-electron chi connectivity index (χ3n) is 6.18. The first-order valence-corrected chi connectivity index (χ1v) is 14.2. The Morgan fingerprint density at radius 1 is 0.871 bits per heavy atom. The third kappa shape index (κ3) is 5.77. The molecule has 3 saturated heterocycles. The lowest BCUT2D eigenvalue weighted by atomic mass is 9.98. The molecule has 3 rings (SSSR count). The number of carbonyl (C=O) groups is 1. The highest BCUT2D eigenvalue weighted by molar-refractivity contribution is 7.89. The van der Waals surface area contributed by atoms with E-state index in [0.29, 0.717) is 52.0 Å². The lowest BCUT2D eigenvalue weighted by molar-refractivity contribution is -0.137. The fourth-order valence-corrected chi connectivity index (χ4v) is 8.00. The van der Waals surface area contributed by atoms with Crippen molar-refractivity contribution in [1.29, 1.82) is 0 Å². The van der Waals surface area contributed by atoms with Crippen LogP contribution in [0.15, 0.2) is 0 Å². The Kier molecular flexibility index (Phi) is 8.02. The van der Waals surface area contributed by atoms with Crippen molar-refractivity contribution in [1.82, 2.24) is 17.8 Å². The van der Waals surface area contributed by atoms with Gasteiger partial charge in [0.1, 0.15) is 0 Å². The quantitative estimate of drug-likeness (QED) is 0.527. The maximum absolute atomic E-state index is 13.0. The largest absolute Gasteiger partial charge is 0.373 e. The Morgan fingerprint density at radius 2 is 1.48 bits per heavy atom. The molecule has 3 fully saturated rings. The van der Waals surface area contributed by atoms with Gasteiger partial charge in [-0.05, 0) is 33.1 Å². The van der Waals surface area contributed by atoms with Gasteiger partial charge in [-0.15, -0.1) is 0 Å². The first-order chi connectivity index (χ1) is 14.5. The first-order valence-electron chi connectivity index (χ1n) is 11.2. The van der Waals surface area contributed by atoms with Gasteiger partial charge in [0.25, 0.3) is 10.2 Å². The molecule has 0 N–H and O–H groups in total. The normalized spacial score (nSPS) is 30.4. The summed E-state index contributed by atoms with van der Waals surface area (Å²) in [6, 6.07) is 0. The SMILES string of the molecule is CCCS(=O)(=O)N1CCCC(C(=O)N2CCN(S(=O)(=O)N3CC(C)OC(C)C3)CC2)C1. The van der Waals surface area contributed by atoms with Crippen LogP contribution in [0.2, 0.25) is 0 Å². The predicted molar refractivity (Wildman–Crippen MR) is 117 cm³/mol. The van der Waals surface area contributed by atoms with E-state index in [0.717, 1.165) is 0 Å². The van der Waals surface area contributed by atoms with E-state index in [4.69, 9.17) is 4.74 Å². The van der Waals surface area contributed by atoms with Crippen LogP contribution in [0.3, 0.4) is 0 Å². The predicted octanol–water partition coefficient (Wildman–Crippen LogP) is -0.0636. The Bertz CT molecular complexity index is 831. The third-order valence-corrected chi connectivity index (χ3v) is 10.2. The second-order valence-corrected chi connectivity index (χ2v) is 12.8. The van der Waals surface area contributed by atoms with Crippen LogP contribution in [0.1, 0.15) is 40.0 Å². The first kappa shape index (κ1) is 24.8. The Labute approximate surface area is 186 Å². The molecular weight excluding hydrogens is 444 g/mol. The molecule has 3 atom stereocenters. The van der Waals surface area contributed by atoms with Gasteiger partial charge in [0, 0.05) is 52.4 Å². The number of ether oxygens (including phenoxy) is 1. The Balaban J connectivity index is 1.57. The van der Waals surface area contributed by atoms with Gasteiger partial charge in [0.05, 0.1) is 23.9 Å². The summed E-state index contributed by atoms with van der Waals surface area (Å²) in [5.41, 5.74) is 0. The standard InChI is InChI=1S/C19H36N4O6S2/c1-4-12-30(25,26)22-7-5-6-18(15-22)19(24)20-8-10-21(11-9-20)31(27,28)23-13-16(2)29-17(3)14-23/h16-18H,4-15H2,1-3H3. The van der Waals surface area contributed by atoms with E-state index < -0.39 is 20.2 Å². The van der Waals surface area contributed by atoms with Crippen molar-refractivity contribution in [2.45, 2.75) is 52.2 Å². The van der Waals surface area contributed by atoms with Gasteiger partial charge in [0.2, 0.25) is 15.9 Å². The van der Waals surface area contributed by atoms with Crippen molar-refractivity contribution in [3.05, 3.63) is 0 Å². The van der Waals surface area contributed by atoms with Crippen molar-refractivity contribution in [2.75, 3.05) is 58.1 Å². The summed E-state index contributed by atoms with van der Waals surface area (Å²) in [5.74, 6) is -0.324. The fourth-order valence-electron chi connectivity index (χ4n) is 4.66. The van der Waals surface area contributed by atoms with E-state index in [9.17, 15) is 21.6 Å². The summed E-state index contributed by atoms with van der Waals surface area (Å²) in [6.45, 7) is 8.06. The summed E-state index contributed by atoms with van der Waals surface area (Å²) in [6.07, 6.45) is 1.58. The summed E-state index contributed by atoms with van der Waals surface area (Å²) in [5, 5.41) is 0. The van der Waals surface area contributed by atoms with Gasteiger partial charge in [0.15, 0.2) is 0 Å². The average molecular weight is 481 g/mol. The van der Waals surface area contributed by atoms with E-state index in [1.807, 2.05) is 20.8 Å².